The van der Waals surface area contributed by atoms with E-state index in [1.165, 1.54) is 25.3 Å². The van der Waals surface area contributed by atoms with Crippen molar-refractivity contribution in [1.82, 2.24) is 0 Å². The summed E-state index contributed by atoms with van der Waals surface area (Å²) in [7, 11) is -3.33. The lowest BCUT2D eigenvalue weighted by Crippen LogP contribution is -2.07. The van der Waals surface area contributed by atoms with Crippen LogP contribution in [0.25, 0.3) is 6.08 Å². The van der Waals surface area contributed by atoms with Crippen LogP contribution in [-0.2, 0) is 16.3 Å². The zero-order valence-electron chi connectivity index (χ0n) is 12.8. The van der Waals surface area contributed by atoms with Gasteiger partial charge in [-0.15, -0.1) is 12.3 Å². The van der Waals surface area contributed by atoms with Crippen molar-refractivity contribution in [2.24, 2.45) is 0 Å². The molecule has 0 bridgehead atoms. The Morgan fingerprint density at radius 3 is 2.62 bits per heavy atom. The van der Waals surface area contributed by atoms with Crippen LogP contribution in [0.4, 0.5) is 0 Å². The Morgan fingerprint density at radius 2 is 2.00 bits per heavy atom. The average Bonchev–Trinajstić information content (AvgIpc) is 2.44. The second-order valence-electron chi connectivity index (χ2n) is 5.10. The van der Waals surface area contributed by atoms with Crippen molar-refractivity contribution in [3.8, 4) is 0 Å². The molecule has 114 valence electrons. The highest BCUT2D eigenvalue weighted by Gasteiger charge is 2.16. The summed E-state index contributed by atoms with van der Waals surface area (Å²) in [6.45, 7) is 9.24. The number of benzene rings is 1. The summed E-state index contributed by atoms with van der Waals surface area (Å²) in [5, 5.41) is 0. The first-order chi connectivity index (χ1) is 10.0. The van der Waals surface area contributed by atoms with E-state index in [0.29, 0.717) is 10.5 Å². The van der Waals surface area contributed by atoms with Crippen LogP contribution >= 0.6 is 0 Å². The van der Waals surface area contributed by atoms with Gasteiger partial charge < -0.3 is 0 Å². The van der Waals surface area contributed by atoms with Crippen molar-refractivity contribution in [1.29, 1.82) is 0 Å². The quantitative estimate of drug-likeness (QED) is 0.380. The molecule has 0 aromatic heterocycles. The first-order valence-electron chi connectivity index (χ1n) is 7.37. The third-order valence-electron chi connectivity index (χ3n) is 3.32. The van der Waals surface area contributed by atoms with E-state index >= 15 is 0 Å². The lowest BCUT2D eigenvalue weighted by Gasteiger charge is -2.09. The molecule has 0 saturated carbocycles. The molecular formula is C18H24O2S. The molecule has 0 radical (unpaired) electrons. The zero-order valence-corrected chi connectivity index (χ0v) is 13.6. The van der Waals surface area contributed by atoms with Gasteiger partial charge in [-0.25, -0.2) is 8.42 Å². The Balaban J connectivity index is 3.02. The Morgan fingerprint density at radius 1 is 1.24 bits per heavy atom. The molecule has 0 fully saturated rings. The number of hydrogen-bond acceptors (Lipinski definition) is 2. The highest BCUT2D eigenvalue weighted by Crippen LogP contribution is 2.21. The topological polar surface area (TPSA) is 34.1 Å². The molecule has 0 aliphatic carbocycles. The predicted molar refractivity (Wildman–Crippen MR) is 90.1 cm³/mol. The molecule has 0 heterocycles. The molecule has 1 rings (SSSR count). The molecule has 0 aliphatic rings. The molecule has 1 aromatic rings. The largest absolute Gasteiger partial charge is 0.223 e. The zero-order chi connectivity index (χ0) is 15.7. The van der Waals surface area contributed by atoms with Gasteiger partial charge >= 0.3 is 0 Å². The summed E-state index contributed by atoms with van der Waals surface area (Å²) in [4.78, 5) is 0.329. The van der Waals surface area contributed by atoms with Crippen molar-refractivity contribution >= 4 is 15.9 Å². The fraction of sp³-hybridized carbons (Fsp3) is 0.389. The number of rotatable bonds is 9. The first-order valence-corrected chi connectivity index (χ1v) is 9.02. The van der Waals surface area contributed by atoms with E-state index in [2.05, 4.69) is 25.8 Å². The normalized spacial score (nSPS) is 10.9. The third kappa shape index (κ3) is 5.37. The van der Waals surface area contributed by atoms with Gasteiger partial charge in [0, 0.05) is 5.56 Å². The number of unbranched alkanes of at least 4 members (excludes halogenated alkanes) is 3. The highest BCUT2D eigenvalue weighted by atomic mass is 32.2. The second kappa shape index (κ2) is 8.66. The molecule has 0 N–H and O–H groups in total. The fourth-order valence-electron chi connectivity index (χ4n) is 2.26. The number of aryl methyl sites for hydroxylation is 1. The molecule has 0 amide bonds. The minimum atomic E-state index is -3.33. The Kier molecular flexibility index (Phi) is 7.21. The minimum Gasteiger partial charge on any atom is -0.223 e. The lowest BCUT2D eigenvalue weighted by atomic mass is 10.0. The van der Waals surface area contributed by atoms with Crippen LogP contribution in [0, 0.1) is 0 Å². The molecular weight excluding hydrogens is 280 g/mol. The van der Waals surface area contributed by atoms with Gasteiger partial charge in [-0.3, -0.25) is 0 Å². The molecule has 2 nitrogen and oxygen atoms in total. The molecule has 0 atom stereocenters. The summed E-state index contributed by atoms with van der Waals surface area (Å²) in [5.41, 5.74) is 4.50. The first kappa shape index (κ1) is 17.5. The molecule has 0 aliphatic heterocycles. The van der Waals surface area contributed by atoms with Gasteiger partial charge in [0.15, 0.2) is 9.84 Å². The van der Waals surface area contributed by atoms with Gasteiger partial charge in [0.25, 0.3) is 0 Å². The average molecular weight is 304 g/mol. The van der Waals surface area contributed by atoms with Crippen molar-refractivity contribution in [2.45, 2.75) is 43.9 Å². The monoisotopic (exact) mass is 304 g/mol. The SMILES string of the molecule is C=C=Cc1cc(CCCCCC)ccc1S(=O)(=O)CC=C. The fourth-order valence-corrected chi connectivity index (χ4v) is 3.50. The molecule has 0 unspecified atom stereocenters. The molecule has 21 heavy (non-hydrogen) atoms. The number of hydrogen-bond donors (Lipinski definition) is 0. The third-order valence-corrected chi connectivity index (χ3v) is 5.04. The van der Waals surface area contributed by atoms with Crippen LogP contribution in [0.1, 0.15) is 43.7 Å². The highest BCUT2D eigenvalue weighted by molar-refractivity contribution is 7.91. The van der Waals surface area contributed by atoms with Crippen LogP contribution in [0.5, 0.6) is 0 Å². The summed E-state index contributed by atoms with van der Waals surface area (Å²) in [6.07, 6.45) is 8.80. The van der Waals surface area contributed by atoms with E-state index in [1.807, 2.05) is 12.1 Å². The molecule has 3 heteroatoms. The Bertz CT molecular complexity index is 621. The molecule has 0 saturated heterocycles. The van der Waals surface area contributed by atoms with Gasteiger partial charge in [0.05, 0.1) is 10.6 Å². The summed E-state index contributed by atoms with van der Waals surface area (Å²) >= 11 is 0. The maximum absolute atomic E-state index is 12.2. The van der Waals surface area contributed by atoms with E-state index in [-0.39, 0.29) is 5.75 Å². The van der Waals surface area contributed by atoms with Crippen LogP contribution in [0.15, 0.2) is 48.1 Å². The van der Waals surface area contributed by atoms with Crippen molar-refractivity contribution < 1.29 is 8.42 Å². The van der Waals surface area contributed by atoms with Crippen LogP contribution in [-0.4, -0.2) is 14.2 Å². The van der Waals surface area contributed by atoms with Crippen LogP contribution in [0.3, 0.4) is 0 Å². The van der Waals surface area contributed by atoms with Crippen molar-refractivity contribution in [2.75, 3.05) is 5.75 Å². The molecule has 1 aromatic carbocycles. The minimum absolute atomic E-state index is 0.0547. The van der Waals surface area contributed by atoms with Gasteiger partial charge in [-0.05, 0) is 36.6 Å². The Labute approximate surface area is 128 Å². The van der Waals surface area contributed by atoms with Gasteiger partial charge in [-0.2, -0.15) is 0 Å². The van der Waals surface area contributed by atoms with Gasteiger partial charge in [0.2, 0.25) is 0 Å². The van der Waals surface area contributed by atoms with E-state index in [4.69, 9.17) is 0 Å². The predicted octanol–water partition coefficient (Wildman–Crippen LogP) is 4.57. The van der Waals surface area contributed by atoms with E-state index in [9.17, 15) is 8.42 Å². The summed E-state index contributed by atoms with van der Waals surface area (Å²) < 4.78 is 24.4. The summed E-state index contributed by atoms with van der Waals surface area (Å²) in [6, 6.07) is 5.53. The van der Waals surface area contributed by atoms with E-state index in [1.54, 1.807) is 12.1 Å². The molecule has 0 spiro atoms. The van der Waals surface area contributed by atoms with Gasteiger partial charge in [0.1, 0.15) is 0 Å². The van der Waals surface area contributed by atoms with E-state index in [0.717, 1.165) is 18.4 Å². The Hall–Kier alpha value is -1.57. The van der Waals surface area contributed by atoms with Crippen molar-refractivity contribution in [3.05, 3.63) is 54.3 Å². The second-order valence-corrected chi connectivity index (χ2v) is 7.10. The van der Waals surface area contributed by atoms with Crippen LogP contribution in [0.2, 0.25) is 0 Å². The van der Waals surface area contributed by atoms with E-state index < -0.39 is 9.84 Å². The maximum atomic E-state index is 12.2. The lowest BCUT2D eigenvalue weighted by molar-refractivity contribution is 0.598. The smallest absolute Gasteiger partial charge is 0.182 e. The standard InChI is InChI=1S/C18H24O2S/c1-4-7-8-9-11-16-12-13-18(17(15-16)10-5-2)21(19,20)14-6-3/h6,10,12-13,15H,2-4,7-9,11,14H2,1H3. The maximum Gasteiger partial charge on any atom is 0.182 e. The van der Waals surface area contributed by atoms with Gasteiger partial charge in [-0.1, -0.05) is 44.9 Å². The summed E-state index contributed by atoms with van der Waals surface area (Å²) in [5.74, 6) is -0.0547. The number of sulfone groups is 1. The van der Waals surface area contributed by atoms with Crippen LogP contribution < -0.4 is 0 Å². The van der Waals surface area contributed by atoms with Crippen molar-refractivity contribution in [3.63, 3.8) is 0 Å².